The SMILES string of the molecule is CON1C(C)(C)CC(N(CCN)c2nc(Cl)nc(N(C)C3CC(C)(C)NC(C)(C)C3)n2)CC1(C)C. The average Bonchev–Trinajstić information content (AvgIpc) is 2.67. The van der Waals surface area contributed by atoms with Crippen molar-refractivity contribution in [2.24, 2.45) is 5.73 Å². The highest BCUT2D eigenvalue weighted by molar-refractivity contribution is 6.28. The topological polar surface area (TPSA) is 95.7 Å². The second kappa shape index (κ2) is 9.89. The van der Waals surface area contributed by atoms with Gasteiger partial charge in [-0.1, -0.05) is 0 Å². The first-order chi connectivity index (χ1) is 16.0. The highest BCUT2D eigenvalue weighted by Gasteiger charge is 2.48. The molecule has 3 N–H and O–H groups in total. The molecule has 9 nitrogen and oxygen atoms in total. The van der Waals surface area contributed by atoms with Gasteiger partial charge in [-0.3, -0.25) is 0 Å². The monoisotopic (exact) mass is 510 g/mol. The third-order valence-electron chi connectivity index (χ3n) is 7.44. The molecule has 10 heteroatoms. The molecule has 35 heavy (non-hydrogen) atoms. The number of hydrogen-bond donors (Lipinski definition) is 2. The smallest absolute Gasteiger partial charge is 0.231 e. The number of nitrogens with one attached hydrogen (secondary N) is 1. The van der Waals surface area contributed by atoms with Gasteiger partial charge in [-0.15, -0.1) is 0 Å². The number of aromatic nitrogens is 3. The van der Waals surface area contributed by atoms with Gasteiger partial charge < -0.3 is 25.7 Å². The minimum absolute atomic E-state index is 0.0123. The minimum atomic E-state index is -0.170. The van der Waals surface area contributed by atoms with Crippen LogP contribution in [-0.2, 0) is 4.84 Å². The maximum absolute atomic E-state index is 6.50. The molecular weight excluding hydrogens is 464 g/mol. The molecule has 0 spiro atoms. The van der Waals surface area contributed by atoms with Gasteiger partial charge in [0.15, 0.2) is 0 Å². The summed E-state index contributed by atoms with van der Waals surface area (Å²) >= 11 is 6.50. The molecule has 2 fully saturated rings. The molecule has 1 aromatic heterocycles. The Labute approximate surface area is 217 Å². The molecule has 0 aliphatic carbocycles. The van der Waals surface area contributed by atoms with Crippen molar-refractivity contribution in [2.75, 3.05) is 37.0 Å². The van der Waals surface area contributed by atoms with Gasteiger partial charge in [-0.05, 0) is 92.7 Å². The van der Waals surface area contributed by atoms with E-state index in [2.05, 4.69) is 92.6 Å². The molecule has 0 amide bonds. The van der Waals surface area contributed by atoms with E-state index in [0.29, 0.717) is 25.0 Å². The fourth-order valence-corrected chi connectivity index (χ4v) is 6.98. The molecule has 0 unspecified atom stereocenters. The van der Waals surface area contributed by atoms with E-state index in [9.17, 15) is 0 Å². The second-order valence-electron chi connectivity index (χ2n) is 12.9. The lowest BCUT2D eigenvalue weighted by molar-refractivity contribution is -0.266. The van der Waals surface area contributed by atoms with Crippen LogP contribution in [-0.4, -0.2) is 81.5 Å². The lowest BCUT2D eigenvalue weighted by Gasteiger charge is -2.55. The van der Waals surface area contributed by atoms with Gasteiger partial charge in [0, 0.05) is 54.4 Å². The molecule has 0 saturated carbocycles. The van der Waals surface area contributed by atoms with Crippen LogP contribution < -0.4 is 20.9 Å². The number of hydroxylamine groups is 2. The number of nitrogens with zero attached hydrogens (tertiary/aromatic N) is 6. The Bertz CT molecular complexity index is 856. The average molecular weight is 511 g/mol. The van der Waals surface area contributed by atoms with Crippen molar-refractivity contribution in [1.29, 1.82) is 0 Å². The quantitative estimate of drug-likeness (QED) is 0.570. The van der Waals surface area contributed by atoms with E-state index in [-0.39, 0.29) is 39.5 Å². The Morgan fingerprint density at radius 1 is 0.914 bits per heavy atom. The van der Waals surface area contributed by atoms with Gasteiger partial charge in [0.05, 0.1) is 7.11 Å². The first-order valence-electron chi connectivity index (χ1n) is 12.8. The van der Waals surface area contributed by atoms with Crippen LogP contribution in [0.4, 0.5) is 11.9 Å². The summed E-state index contributed by atoms with van der Waals surface area (Å²) in [4.78, 5) is 24.3. The van der Waals surface area contributed by atoms with E-state index in [1.54, 1.807) is 7.11 Å². The Kier molecular flexibility index (Phi) is 8.00. The summed E-state index contributed by atoms with van der Waals surface area (Å²) in [5.74, 6) is 1.19. The summed E-state index contributed by atoms with van der Waals surface area (Å²) in [6.45, 7) is 19.0. The molecule has 2 saturated heterocycles. The normalized spacial score (nSPS) is 24.3. The zero-order chi connectivity index (χ0) is 26.4. The molecule has 0 radical (unpaired) electrons. The molecule has 200 valence electrons. The number of halogens is 1. The van der Waals surface area contributed by atoms with Crippen molar-refractivity contribution in [2.45, 2.75) is 115 Å². The summed E-state index contributed by atoms with van der Waals surface area (Å²) < 4.78 is 0. The van der Waals surface area contributed by atoms with Crippen LogP contribution in [0.2, 0.25) is 5.28 Å². The molecule has 0 atom stereocenters. The highest BCUT2D eigenvalue weighted by Crippen LogP contribution is 2.41. The largest absolute Gasteiger partial charge is 0.341 e. The second-order valence-corrected chi connectivity index (χ2v) is 13.3. The van der Waals surface area contributed by atoms with Gasteiger partial charge in [-0.25, -0.2) is 0 Å². The van der Waals surface area contributed by atoms with Gasteiger partial charge >= 0.3 is 0 Å². The number of anilines is 2. The maximum atomic E-state index is 6.50. The standard InChI is InChI=1S/C25H47ClN8O/c1-22(2)13-17(14-23(3,4)31-22)32(9)20-28-19(26)29-21(30-20)33(12-11-27)18-15-24(5,6)34(35-10)25(7,8)16-18/h17-18,31H,11-16,27H2,1-10H3. The Hall–Kier alpha value is -1.26. The predicted octanol–water partition coefficient (Wildman–Crippen LogP) is 3.62. The van der Waals surface area contributed by atoms with E-state index in [1.165, 1.54) is 0 Å². The van der Waals surface area contributed by atoms with Crippen LogP contribution in [0, 0.1) is 0 Å². The summed E-state index contributed by atoms with van der Waals surface area (Å²) in [6.07, 6.45) is 3.73. The molecule has 1 aromatic rings. The molecule has 2 aliphatic rings. The third-order valence-corrected chi connectivity index (χ3v) is 7.61. The highest BCUT2D eigenvalue weighted by atomic mass is 35.5. The third kappa shape index (κ3) is 6.36. The van der Waals surface area contributed by atoms with Crippen LogP contribution in [0.15, 0.2) is 0 Å². The Balaban J connectivity index is 1.94. The Morgan fingerprint density at radius 2 is 1.43 bits per heavy atom. The van der Waals surface area contributed by atoms with Gasteiger partial charge in [0.1, 0.15) is 0 Å². The first kappa shape index (κ1) is 28.3. The summed E-state index contributed by atoms with van der Waals surface area (Å²) in [5, 5.41) is 6.07. The summed E-state index contributed by atoms with van der Waals surface area (Å²) in [7, 11) is 3.81. The fraction of sp³-hybridized carbons (Fsp3) is 0.880. The number of nitrogens with two attached hydrogens (primary N) is 1. The van der Waals surface area contributed by atoms with E-state index in [0.717, 1.165) is 25.7 Å². The maximum Gasteiger partial charge on any atom is 0.231 e. The lowest BCUT2D eigenvalue weighted by atomic mass is 9.78. The molecule has 0 aromatic carbocycles. The van der Waals surface area contributed by atoms with Crippen LogP contribution in [0.25, 0.3) is 0 Å². The van der Waals surface area contributed by atoms with E-state index < -0.39 is 0 Å². The first-order valence-corrected chi connectivity index (χ1v) is 13.1. The van der Waals surface area contributed by atoms with Crippen molar-refractivity contribution in [3.05, 3.63) is 5.28 Å². The fourth-order valence-electron chi connectivity index (χ4n) is 6.83. The van der Waals surface area contributed by atoms with Crippen molar-refractivity contribution < 1.29 is 4.84 Å². The van der Waals surface area contributed by atoms with E-state index in [4.69, 9.17) is 27.2 Å². The van der Waals surface area contributed by atoms with Gasteiger partial charge in [-0.2, -0.15) is 20.0 Å². The van der Waals surface area contributed by atoms with Crippen molar-refractivity contribution in [1.82, 2.24) is 25.3 Å². The molecule has 0 bridgehead atoms. The summed E-state index contributed by atoms with van der Waals surface area (Å²) in [6, 6.07) is 0.460. The van der Waals surface area contributed by atoms with Gasteiger partial charge in [0.25, 0.3) is 0 Å². The zero-order valence-electron chi connectivity index (χ0n) is 23.4. The minimum Gasteiger partial charge on any atom is -0.341 e. The van der Waals surface area contributed by atoms with Crippen LogP contribution in [0.3, 0.4) is 0 Å². The molecule has 2 aliphatic heterocycles. The predicted molar refractivity (Wildman–Crippen MR) is 144 cm³/mol. The molecule has 3 rings (SSSR count). The van der Waals surface area contributed by atoms with E-state index in [1.807, 2.05) is 0 Å². The number of piperidine rings is 2. The number of hydrogen-bond acceptors (Lipinski definition) is 9. The molecule has 3 heterocycles. The Morgan fingerprint density at radius 3 is 1.91 bits per heavy atom. The lowest BCUT2D eigenvalue weighted by Crippen LogP contribution is -2.64. The molecular formula is C25H47ClN8O. The van der Waals surface area contributed by atoms with E-state index >= 15 is 0 Å². The van der Waals surface area contributed by atoms with Crippen LogP contribution in [0.1, 0.15) is 81.1 Å². The van der Waals surface area contributed by atoms with Gasteiger partial charge in [0.2, 0.25) is 17.2 Å². The zero-order valence-corrected chi connectivity index (χ0v) is 24.2. The van der Waals surface area contributed by atoms with Crippen molar-refractivity contribution in [3.63, 3.8) is 0 Å². The van der Waals surface area contributed by atoms with Crippen molar-refractivity contribution in [3.8, 4) is 0 Å². The number of rotatable bonds is 7. The van der Waals surface area contributed by atoms with Crippen molar-refractivity contribution >= 4 is 23.5 Å². The van der Waals surface area contributed by atoms with Crippen LogP contribution >= 0.6 is 11.6 Å². The summed E-state index contributed by atoms with van der Waals surface area (Å²) in [5.41, 5.74) is 5.76. The van der Waals surface area contributed by atoms with Crippen LogP contribution in [0.5, 0.6) is 0 Å².